The Labute approximate surface area is 316 Å². The summed E-state index contributed by atoms with van der Waals surface area (Å²) in [6.07, 6.45) is 0. The minimum Gasteiger partial charge on any atom is -0.309 e. The maximum absolute atomic E-state index is 10.5. The summed E-state index contributed by atoms with van der Waals surface area (Å²) in [6.45, 7) is 0. The number of rotatable bonds is 4. The molecule has 0 unspecified atom stereocenters. The molecule has 0 N–H and O–H groups in total. The third kappa shape index (κ3) is 4.33. The fourth-order valence-electron chi connectivity index (χ4n) is 8.89. The standard InChI is InChI=1S/C50H29N5/c51-30-33-12-9-18-36(49(33)55-44-22-7-3-16-39(44)40-19-10-13-34(31-52)50(40)55)32-26-28-35(29-27-32)53-45-23-8-4-17-41(45)48-46(53)24-11-25-47(48)54-42-20-5-1-14-37(42)38-15-2-6-21-43(38)54/h1-29H. The number of fused-ring (bicyclic) bond motifs is 9. The first-order valence-electron chi connectivity index (χ1n) is 18.3. The van der Waals surface area contributed by atoms with Gasteiger partial charge in [-0.1, -0.05) is 115 Å². The maximum Gasteiger partial charge on any atom is 0.101 e. The maximum atomic E-state index is 10.5. The minimum absolute atomic E-state index is 0.539. The lowest BCUT2D eigenvalue weighted by Gasteiger charge is -2.17. The second-order valence-electron chi connectivity index (χ2n) is 13.9. The Kier molecular flexibility index (Phi) is 6.61. The van der Waals surface area contributed by atoms with Crippen LogP contribution in [0.25, 0.3) is 93.6 Å². The molecule has 0 spiro atoms. The highest BCUT2D eigenvalue weighted by Crippen LogP contribution is 2.42. The van der Waals surface area contributed by atoms with E-state index in [4.69, 9.17) is 0 Å². The van der Waals surface area contributed by atoms with Gasteiger partial charge in [0, 0.05) is 43.6 Å². The highest BCUT2D eigenvalue weighted by atomic mass is 15.0. The molecule has 0 bridgehead atoms. The van der Waals surface area contributed by atoms with Gasteiger partial charge in [-0.05, 0) is 66.2 Å². The number of benzene rings is 8. The predicted molar refractivity (Wildman–Crippen MR) is 224 cm³/mol. The summed E-state index contributed by atoms with van der Waals surface area (Å²) in [5, 5.41) is 27.6. The monoisotopic (exact) mass is 699 g/mol. The molecule has 254 valence electrons. The van der Waals surface area contributed by atoms with Crippen molar-refractivity contribution < 1.29 is 0 Å². The van der Waals surface area contributed by atoms with E-state index in [-0.39, 0.29) is 0 Å². The Hall–Kier alpha value is -7.86. The smallest absolute Gasteiger partial charge is 0.101 e. The van der Waals surface area contributed by atoms with Gasteiger partial charge in [-0.15, -0.1) is 0 Å². The van der Waals surface area contributed by atoms with Crippen LogP contribution in [0, 0.1) is 22.7 Å². The zero-order chi connectivity index (χ0) is 36.6. The summed E-state index contributed by atoms with van der Waals surface area (Å²) < 4.78 is 6.86. The average Bonchev–Trinajstić information content (AvgIpc) is 3.89. The van der Waals surface area contributed by atoms with Gasteiger partial charge in [0.25, 0.3) is 0 Å². The molecule has 0 radical (unpaired) electrons. The summed E-state index contributed by atoms with van der Waals surface area (Å²) in [4.78, 5) is 0. The van der Waals surface area contributed by atoms with Crippen LogP contribution in [0.2, 0.25) is 0 Å². The van der Waals surface area contributed by atoms with Gasteiger partial charge in [0.1, 0.15) is 12.1 Å². The second kappa shape index (κ2) is 11.8. The van der Waals surface area contributed by atoms with Gasteiger partial charge in [-0.25, -0.2) is 0 Å². The van der Waals surface area contributed by atoms with E-state index < -0.39 is 0 Å². The first-order valence-corrected chi connectivity index (χ1v) is 18.3. The van der Waals surface area contributed by atoms with E-state index in [1.165, 1.54) is 32.6 Å². The summed E-state index contributed by atoms with van der Waals surface area (Å²) in [7, 11) is 0. The van der Waals surface area contributed by atoms with Gasteiger partial charge in [0.15, 0.2) is 0 Å². The first kappa shape index (κ1) is 30.7. The third-order valence-corrected chi connectivity index (χ3v) is 11.1. The molecular formula is C50H29N5. The third-order valence-electron chi connectivity index (χ3n) is 11.1. The van der Waals surface area contributed by atoms with Crippen LogP contribution in [-0.2, 0) is 0 Å². The molecule has 0 aliphatic heterocycles. The fourth-order valence-corrected chi connectivity index (χ4v) is 8.89. The van der Waals surface area contributed by atoms with Crippen molar-refractivity contribution in [2.24, 2.45) is 0 Å². The number of nitriles is 2. The molecule has 11 rings (SSSR count). The topological polar surface area (TPSA) is 62.4 Å². The van der Waals surface area contributed by atoms with Gasteiger partial charge >= 0.3 is 0 Å². The molecule has 8 aromatic carbocycles. The quantitative estimate of drug-likeness (QED) is 0.184. The highest BCUT2D eigenvalue weighted by molar-refractivity contribution is 6.16. The molecule has 0 saturated carbocycles. The molecule has 5 nitrogen and oxygen atoms in total. The number of hydrogen-bond acceptors (Lipinski definition) is 2. The van der Waals surface area contributed by atoms with Crippen LogP contribution in [0.3, 0.4) is 0 Å². The van der Waals surface area contributed by atoms with Crippen molar-refractivity contribution in [3.05, 3.63) is 187 Å². The van der Waals surface area contributed by atoms with Crippen molar-refractivity contribution in [2.75, 3.05) is 0 Å². The lowest BCUT2D eigenvalue weighted by Crippen LogP contribution is -2.02. The van der Waals surface area contributed by atoms with E-state index in [0.29, 0.717) is 11.1 Å². The Balaban J connectivity index is 1.13. The van der Waals surface area contributed by atoms with Crippen molar-refractivity contribution in [3.63, 3.8) is 0 Å². The molecule has 3 aromatic heterocycles. The number of hydrogen-bond donors (Lipinski definition) is 0. The van der Waals surface area contributed by atoms with Crippen LogP contribution in [-0.4, -0.2) is 13.7 Å². The number of para-hydroxylation sites is 6. The number of nitrogens with zero attached hydrogens (tertiary/aromatic N) is 5. The van der Waals surface area contributed by atoms with Crippen molar-refractivity contribution >= 4 is 65.4 Å². The van der Waals surface area contributed by atoms with E-state index in [0.717, 1.165) is 61.0 Å². The van der Waals surface area contributed by atoms with Crippen molar-refractivity contribution in [3.8, 4) is 40.3 Å². The Bertz CT molecular complexity index is 3400. The zero-order valence-corrected chi connectivity index (χ0v) is 29.5. The highest BCUT2D eigenvalue weighted by Gasteiger charge is 2.22. The lowest BCUT2D eigenvalue weighted by molar-refractivity contribution is 1.16. The van der Waals surface area contributed by atoms with E-state index in [9.17, 15) is 10.5 Å². The summed E-state index contributed by atoms with van der Waals surface area (Å²) >= 11 is 0. The number of aromatic nitrogens is 3. The molecule has 0 aliphatic carbocycles. The molecule has 11 aromatic rings. The van der Waals surface area contributed by atoms with E-state index in [1.54, 1.807) is 0 Å². The normalized spacial score (nSPS) is 11.6. The van der Waals surface area contributed by atoms with Crippen LogP contribution in [0.5, 0.6) is 0 Å². The van der Waals surface area contributed by atoms with Crippen LogP contribution < -0.4 is 0 Å². The minimum atomic E-state index is 0.539. The molecule has 5 heteroatoms. The van der Waals surface area contributed by atoms with Crippen LogP contribution in [0.4, 0.5) is 0 Å². The Morgan fingerprint density at radius 1 is 0.364 bits per heavy atom. The van der Waals surface area contributed by atoms with Crippen molar-refractivity contribution in [1.29, 1.82) is 10.5 Å². The van der Waals surface area contributed by atoms with Gasteiger partial charge in [0.2, 0.25) is 0 Å². The average molecular weight is 700 g/mol. The van der Waals surface area contributed by atoms with Crippen LogP contribution in [0.1, 0.15) is 11.1 Å². The largest absolute Gasteiger partial charge is 0.309 e. The lowest BCUT2D eigenvalue weighted by atomic mass is 9.99. The van der Waals surface area contributed by atoms with E-state index in [1.807, 2.05) is 36.4 Å². The molecule has 0 saturated heterocycles. The van der Waals surface area contributed by atoms with Gasteiger partial charge in [-0.3, -0.25) is 0 Å². The molecule has 0 fully saturated rings. The van der Waals surface area contributed by atoms with Gasteiger partial charge in [-0.2, -0.15) is 10.5 Å². The first-order chi connectivity index (χ1) is 27.2. The zero-order valence-electron chi connectivity index (χ0n) is 29.5. The van der Waals surface area contributed by atoms with E-state index in [2.05, 4.69) is 165 Å². The summed E-state index contributed by atoms with van der Waals surface area (Å²) in [6, 6.07) is 65.9. The summed E-state index contributed by atoms with van der Waals surface area (Å²) in [5.41, 5.74) is 12.3. The van der Waals surface area contributed by atoms with Crippen molar-refractivity contribution in [1.82, 2.24) is 13.7 Å². The van der Waals surface area contributed by atoms with Gasteiger partial charge in [0.05, 0.1) is 55.6 Å². The SMILES string of the molecule is N#Cc1cccc(-c2ccc(-n3c4ccccc4c4c(-n5c6ccccc6c6ccccc65)cccc43)cc2)c1-n1c2ccccc2c2cccc(C#N)c21. The molecular weight excluding hydrogens is 671 g/mol. The van der Waals surface area contributed by atoms with Crippen LogP contribution in [0.15, 0.2) is 176 Å². The Morgan fingerprint density at radius 2 is 0.855 bits per heavy atom. The molecule has 0 aliphatic rings. The molecule has 55 heavy (non-hydrogen) atoms. The predicted octanol–water partition coefficient (Wildman–Crippen LogP) is 12.4. The second-order valence-corrected chi connectivity index (χ2v) is 13.9. The molecule has 0 atom stereocenters. The van der Waals surface area contributed by atoms with Gasteiger partial charge < -0.3 is 13.7 Å². The molecule has 3 heterocycles. The Morgan fingerprint density at radius 3 is 1.51 bits per heavy atom. The fraction of sp³-hybridized carbons (Fsp3) is 0. The van der Waals surface area contributed by atoms with Crippen LogP contribution >= 0.6 is 0 Å². The van der Waals surface area contributed by atoms with Crippen molar-refractivity contribution in [2.45, 2.75) is 0 Å². The molecule has 0 amide bonds. The summed E-state index contributed by atoms with van der Waals surface area (Å²) in [5.74, 6) is 0. The van der Waals surface area contributed by atoms with E-state index >= 15 is 0 Å².